The second-order valence-corrected chi connectivity index (χ2v) is 5.76. The monoisotopic (exact) mass is 263 g/mol. The molecule has 0 saturated heterocycles. The Kier molecular flexibility index (Phi) is 7.87. The number of alkyl halides is 2. The molecule has 0 aromatic heterocycles. The molecule has 3 nitrogen and oxygen atoms in total. The Morgan fingerprint density at radius 1 is 1.28 bits per heavy atom. The summed E-state index contributed by atoms with van der Waals surface area (Å²) >= 11 is 0. The number of nitrogens with zero attached hydrogens (tertiary/aromatic N) is 1. The van der Waals surface area contributed by atoms with Gasteiger partial charge in [-0.05, 0) is 32.1 Å². The van der Waals surface area contributed by atoms with E-state index in [9.17, 15) is 8.78 Å². The van der Waals surface area contributed by atoms with E-state index in [1.165, 1.54) is 0 Å². The maximum Gasteiger partial charge on any atom is 0.257 e. The number of hydrogen-bond donors (Lipinski definition) is 2. The van der Waals surface area contributed by atoms with Gasteiger partial charge in [0.25, 0.3) is 6.43 Å². The van der Waals surface area contributed by atoms with Gasteiger partial charge in [-0.1, -0.05) is 20.8 Å². The van der Waals surface area contributed by atoms with Gasteiger partial charge in [0.05, 0.1) is 0 Å². The van der Waals surface area contributed by atoms with Gasteiger partial charge in [0, 0.05) is 12.6 Å². The number of guanidine groups is 1. The van der Waals surface area contributed by atoms with Crippen LogP contribution < -0.4 is 10.6 Å². The number of hydrogen-bond acceptors (Lipinski definition) is 1. The third-order valence-corrected chi connectivity index (χ3v) is 2.44. The average molecular weight is 263 g/mol. The molecule has 0 bridgehead atoms. The third kappa shape index (κ3) is 10.3. The minimum absolute atomic E-state index is 0.222. The lowest BCUT2D eigenvalue weighted by molar-refractivity contribution is 0.158. The van der Waals surface area contributed by atoms with Crippen molar-refractivity contribution in [1.82, 2.24) is 10.6 Å². The van der Waals surface area contributed by atoms with Gasteiger partial charge in [0.1, 0.15) is 6.54 Å². The second-order valence-electron chi connectivity index (χ2n) is 5.76. The third-order valence-electron chi connectivity index (χ3n) is 2.44. The van der Waals surface area contributed by atoms with Crippen LogP contribution in [-0.2, 0) is 0 Å². The molecule has 0 spiro atoms. The molecule has 0 radical (unpaired) electrons. The minimum Gasteiger partial charge on any atom is -0.357 e. The first-order chi connectivity index (χ1) is 8.24. The van der Waals surface area contributed by atoms with E-state index in [2.05, 4.69) is 36.4 Å². The summed E-state index contributed by atoms with van der Waals surface area (Å²) in [6.45, 7) is 10.7. The molecule has 0 aromatic rings. The molecule has 5 heteroatoms. The fourth-order valence-electron chi connectivity index (χ4n) is 1.44. The van der Waals surface area contributed by atoms with Crippen LogP contribution in [0.1, 0.15) is 47.5 Å². The number of aliphatic imine (C=N–C) groups is 1. The maximum absolute atomic E-state index is 12.1. The van der Waals surface area contributed by atoms with E-state index >= 15 is 0 Å². The molecule has 0 heterocycles. The maximum atomic E-state index is 12.1. The molecule has 0 amide bonds. The van der Waals surface area contributed by atoms with Crippen molar-refractivity contribution in [3.63, 3.8) is 0 Å². The summed E-state index contributed by atoms with van der Waals surface area (Å²) < 4.78 is 24.2. The Balaban J connectivity index is 4.18. The van der Waals surface area contributed by atoms with Crippen molar-refractivity contribution < 1.29 is 8.78 Å². The molecule has 0 aliphatic rings. The first-order valence-corrected chi connectivity index (χ1v) is 6.57. The zero-order valence-corrected chi connectivity index (χ0v) is 12.2. The molecule has 108 valence electrons. The van der Waals surface area contributed by atoms with Crippen LogP contribution in [0.15, 0.2) is 4.99 Å². The summed E-state index contributed by atoms with van der Waals surface area (Å²) in [5.41, 5.74) is 0.286. The van der Waals surface area contributed by atoms with Gasteiger partial charge in [-0.3, -0.25) is 0 Å². The smallest absolute Gasteiger partial charge is 0.257 e. The van der Waals surface area contributed by atoms with Crippen LogP contribution in [0.25, 0.3) is 0 Å². The van der Waals surface area contributed by atoms with Crippen molar-refractivity contribution in [3.8, 4) is 0 Å². The largest absolute Gasteiger partial charge is 0.357 e. The molecule has 0 fully saturated rings. The Hall–Kier alpha value is -0.870. The standard InChI is InChI=1S/C13H27F2N3/c1-6-16-12(17-9-11(14)15)18-10(2)7-8-13(3,4)5/h10-11H,6-9H2,1-5H3,(H2,16,17,18). The molecular formula is C13H27F2N3. The van der Waals surface area contributed by atoms with Gasteiger partial charge in [-0.25, -0.2) is 13.8 Å². The lowest BCUT2D eigenvalue weighted by atomic mass is 9.89. The lowest BCUT2D eigenvalue weighted by Crippen LogP contribution is -2.42. The summed E-state index contributed by atoms with van der Waals surface area (Å²) in [7, 11) is 0. The number of nitrogens with one attached hydrogen (secondary N) is 2. The van der Waals surface area contributed by atoms with Gasteiger partial charge >= 0.3 is 0 Å². The van der Waals surface area contributed by atoms with Gasteiger partial charge in [0.2, 0.25) is 0 Å². The summed E-state index contributed by atoms with van der Waals surface area (Å²) in [5, 5.41) is 6.12. The lowest BCUT2D eigenvalue weighted by Gasteiger charge is -2.23. The van der Waals surface area contributed by atoms with Crippen molar-refractivity contribution in [3.05, 3.63) is 0 Å². The van der Waals surface area contributed by atoms with E-state index in [1.807, 2.05) is 13.8 Å². The predicted octanol–water partition coefficient (Wildman–Crippen LogP) is 3.02. The van der Waals surface area contributed by atoms with Crippen LogP contribution in [0.3, 0.4) is 0 Å². The van der Waals surface area contributed by atoms with Crippen molar-refractivity contribution in [1.29, 1.82) is 0 Å². The molecule has 0 saturated carbocycles. The van der Waals surface area contributed by atoms with Gasteiger partial charge in [-0.2, -0.15) is 0 Å². The van der Waals surface area contributed by atoms with E-state index in [1.54, 1.807) is 0 Å². The van der Waals surface area contributed by atoms with Crippen molar-refractivity contribution >= 4 is 5.96 Å². The summed E-state index contributed by atoms with van der Waals surface area (Å²) in [6, 6.07) is 0.222. The first-order valence-electron chi connectivity index (χ1n) is 6.57. The SMILES string of the molecule is CCNC(=NCC(F)F)NC(C)CCC(C)(C)C. The average Bonchev–Trinajstić information content (AvgIpc) is 2.22. The summed E-state index contributed by atoms with van der Waals surface area (Å²) in [4.78, 5) is 3.84. The van der Waals surface area contributed by atoms with Gasteiger partial charge in [-0.15, -0.1) is 0 Å². The second kappa shape index (κ2) is 8.27. The molecular weight excluding hydrogens is 236 g/mol. The molecule has 1 atom stereocenters. The Bertz CT molecular complexity index is 247. The zero-order valence-electron chi connectivity index (χ0n) is 12.2. The molecule has 1 unspecified atom stereocenters. The highest BCUT2D eigenvalue weighted by Gasteiger charge is 2.13. The number of halogens is 2. The van der Waals surface area contributed by atoms with Crippen LogP contribution in [-0.4, -0.2) is 31.5 Å². The van der Waals surface area contributed by atoms with E-state index in [0.717, 1.165) is 12.8 Å². The van der Waals surface area contributed by atoms with E-state index < -0.39 is 13.0 Å². The topological polar surface area (TPSA) is 36.4 Å². The van der Waals surface area contributed by atoms with E-state index in [4.69, 9.17) is 0 Å². The van der Waals surface area contributed by atoms with Gasteiger partial charge in [0.15, 0.2) is 5.96 Å². The Morgan fingerprint density at radius 2 is 1.89 bits per heavy atom. The molecule has 0 aliphatic heterocycles. The van der Waals surface area contributed by atoms with Crippen LogP contribution in [0, 0.1) is 5.41 Å². The fraction of sp³-hybridized carbons (Fsp3) is 0.923. The zero-order chi connectivity index (χ0) is 14.2. The molecule has 0 aliphatic carbocycles. The fourth-order valence-corrected chi connectivity index (χ4v) is 1.44. The summed E-state index contributed by atoms with van der Waals surface area (Å²) in [5.74, 6) is 0.471. The molecule has 2 N–H and O–H groups in total. The van der Waals surface area contributed by atoms with Gasteiger partial charge < -0.3 is 10.6 Å². The van der Waals surface area contributed by atoms with Crippen LogP contribution in [0.4, 0.5) is 8.78 Å². The molecule has 0 rings (SSSR count). The van der Waals surface area contributed by atoms with Crippen LogP contribution in [0.5, 0.6) is 0 Å². The van der Waals surface area contributed by atoms with Crippen molar-refractivity contribution in [2.75, 3.05) is 13.1 Å². The minimum atomic E-state index is -2.40. The molecule has 18 heavy (non-hydrogen) atoms. The highest BCUT2D eigenvalue weighted by molar-refractivity contribution is 5.80. The van der Waals surface area contributed by atoms with E-state index in [0.29, 0.717) is 12.5 Å². The van der Waals surface area contributed by atoms with E-state index in [-0.39, 0.29) is 11.5 Å². The quantitative estimate of drug-likeness (QED) is 0.571. The summed E-state index contributed by atoms with van der Waals surface area (Å²) in [6.07, 6.45) is -0.330. The predicted molar refractivity (Wildman–Crippen MR) is 73.3 cm³/mol. The van der Waals surface area contributed by atoms with Crippen molar-refractivity contribution in [2.45, 2.75) is 59.9 Å². The highest BCUT2D eigenvalue weighted by Crippen LogP contribution is 2.21. The Labute approximate surface area is 109 Å². The molecule has 0 aromatic carbocycles. The first kappa shape index (κ1) is 17.1. The van der Waals surface area contributed by atoms with Crippen LogP contribution in [0.2, 0.25) is 0 Å². The van der Waals surface area contributed by atoms with Crippen molar-refractivity contribution in [2.24, 2.45) is 10.4 Å². The normalized spacial score (nSPS) is 14.8. The highest BCUT2D eigenvalue weighted by atomic mass is 19.3. The number of rotatable bonds is 6. The Morgan fingerprint density at radius 3 is 2.33 bits per heavy atom. The van der Waals surface area contributed by atoms with Crippen LogP contribution >= 0.6 is 0 Å².